The number of piperidine rings is 1. The fraction of sp³-hybridized carbons (Fsp3) is 0.600. The zero-order chi connectivity index (χ0) is 13.8. The summed E-state index contributed by atoms with van der Waals surface area (Å²) in [7, 11) is 0. The monoisotopic (exact) mass is 300 g/mol. The Morgan fingerprint density at radius 2 is 2.00 bits per heavy atom. The highest BCUT2D eigenvalue weighted by Crippen LogP contribution is 2.34. The third-order valence-corrected chi connectivity index (χ3v) is 5.06. The van der Waals surface area contributed by atoms with Crippen LogP contribution in [0.1, 0.15) is 37.8 Å². The third kappa shape index (κ3) is 3.43. The van der Waals surface area contributed by atoms with Crippen molar-refractivity contribution < 1.29 is 0 Å². The van der Waals surface area contributed by atoms with E-state index in [1.54, 1.807) is 0 Å². The summed E-state index contributed by atoms with van der Waals surface area (Å²) in [5.41, 5.74) is 7.04. The Balaban J connectivity index is 2.14. The predicted octanol–water partition coefficient (Wildman–Crippen LogP) is 4.12. The number of rotatable bonds is 4. The van der Waals surface area contributed by atoms with Gasteiger partial charge in [0.15, 0.2) is 0 Å². The van der Waals surface area contributed by atoms with Crippen LogP contribution in [0.15, 0.2) is 18.2 Å². The van der Waals surface area contributed by atoms with E-state index in [0.29, 0.717) is 16.6 Å². The lowest BCUT2D eigenvalue weighted by Crippen LogP contribution is -2.39. The second-order valence-corrected chi connectivity index (χ2v) is 6.07. The lowest BCUT2D eigenvalue weighted by molar-refractivity contribution is 0.134. The lowest BCUT2D eigenvalue weighted by Gasteiger charge is -2.37. The second kappa shape index (κ2) is 6.94. The van der Waals surface area contributed by atoms with E-state index in [2.05, 4.69) is 11.8 Å². The van der Waals surface area contributed by atoms with Crippen LogP contribution in [0.3, 0.4) is 0 Å². The topological polar surface area (TPSA) is 29.3 Å². The van der Waals surface area contributed by atoms with Crippen molar-refractivity contribution in [1.29, 1.82) is 0 Å². The first-order valence-corrected chi connectivity index (χ1v) is 7.81. The maximum absolute atomic E-state index is 6.33. The summed E-state index contributed by atoms with van der Waals surface area (Å²) in [6, 6.07) is 6.00. The van der Waals surface area contributed by atoms with Gasteiger partial charge >= 0.3 is 0 Å². The highest BCUT2D eigenvalue weighted by atomic mass is 35.5. The molecular weight excluding hydrogens is 279 g/mol. The molecule has 0 spiro atoms. The van der Waals surface area contributed by atoms with Crippen molar-refractivity contribution in [3.63, 3.8) is 0 Å². The van der Waals surface area contributed by atoms with Crippen LogP contribution in [-0.4, -0.2) is 24.5 Å². The van der Waals surface area contributed by atoms with E-state index in [9.17, 15) is 0 Å². The molecule has 0 aliphatic carbocycles. The summed E-state index contributed by atoms with van der Waals surface area (Å²) >= 11 is 12.4. The zero-order valence-corrected chi connectivity index (χ0v) is 12.9. The molecule has 1 heterocycles. The normalized spacial score (nSPS) is 19.6. The van der Waals surface area contributed by atoms with Crippen molar-refractivity contribution in [2.24, 2.45) is 11.7 Å². The molecule has 4 heteroatoms. The second-order valence-electron chi connectivity index (χ2n) is 5.28. The van der Waals surface area contributed by atoms with Crippen molar-refractivity contribution >= 4 is 23.2 Å². The summed E-state index contributed by atoms with van der Waals surface area (Å²) in [5, 5.41) is 1.26. The summed E-state index contributed by atoms with van der Waals surface area (Å²) in [4.78, 5) is 2.45. The van der Waals surface area contributed by atoms with Crippen molar-refractivity contribution in [3.8, 4) is 0 Å². The van der Waals surface area contributed by atoms with E-state index in [4.69, 9.17) is 28.9 Å². The van der Waals surface area contributed by atoms with Gasteiger partial charge in [0, 0.05) is 12.6 Å². The number of hydrogen-bond donors (Lipinski definition) is 1. The van der Waals surface area contributed by atoms with Crippen molar-refractivity contribution in [2.75, 3.05) is 19.6 Å². The minimum absolute atomic E-state index is 0.184. The summed E-state index contributed by atoms with van der Waals surface area (Å²) in [6.07, 6.45) is 3.79. The Morgan fingerprint density at radius 1 is 1.32 bits per heavy atom. The minimum Gasteiger partial charge on any atom is -0.329 e. The molecule has 0 aromatic heterocycles. The van der Waals surface area contributed by atoms with Gasteiger partial charge in [0.2, 0.25) is 0 Å². The van der Waals surface area contributed by atoms with Crippen LogP contribution in [0, 0.1) is 5.92 Å². The Morgan fingerprint density at radius 3 is 2.58 bits per heavy atom. The molecule has 1 fully saturated rings. The number of halogens is 2. The van der Waals surface area contributed by atoms with E-state index < -0.39 is 0 Å². The Hall–Kier alpha value is -0.280. The zero-order valence-electron chi connectivity index (χ0n) is 11.4. The van der Waals surface area contributed by atoms with Crippen LogP contribution in [0.2, 0.25) is 10.0 Å². The molecule has 2 N–H and O–H groups in total. The molecule has 0 saturated carbocycles. The average Bonchev–Trinajstić information content (AvgIpc) is 2.45. The molecule has 1 aliphatic heterocycles. The number of benzene rings is 1. The first-order valence-electron chi connectivity index (χ1n) is 7.05. The molecule has 1 aromatic rings. The molecule has 2 rings (SSSR count). The fourth-order valence-corrected chi connectivity index (χ4v) is 3.36. The van der Waals surface area contributed by atoms with Gasteiger partial charge in [0.05, 0.1) is 10.0 Å². The molecule has 106 valence electrons. The standard InChI is InChI=1S/C15H22Cl2N2/c1-2-11-6-8-19(9-7-11)14(10-18)12-4-3-5-13(16)15(12)17/h3-5,11,14H,2,6-10,18H2,1H3. The van der Waals surface area contributed by atoms with Crippen molar-refractivity contribution in [1.82, 2.24) is 4.90 Å². The van der Waals surface area contributed by atoms with Gasteiger partial charge in [-0.2, -0.15) is 0 Å². The molecule has 1 aromatic carbocycles. The molecule has 0 bridgehead atoms. The maximum atomic E-state index is 6.33. The van der Waals surface area contributed by atoms with E-state index in [0.717, 1.165) is 24.6 Å². The van der Waals surface area contributed by atoms with Gasteiger partial charge in [-0.25, -0.2) is 0 Å². The smallest absolute Gasteiger partial charge is 0.0640 e. The quantitative estimate of drug-likeness (QED) is 0.906. The van der Waals surface area contributed by atoms with Crippen LogP contribution in [0.4, 0.5) is 0 Å². The summed E-state index contributed by atoms with van der Waals surface area (Å²) < 4.78 is 0. The first-order chi connectivity index (χ1) is 9.17. The Kier molecular flexibility index (Phi) is 5.52. The molecule has 0 radical (unpaired) electrons. The number of likely N-dealkylation sites (tertiary alicyclic amines) is 1. The highest BCUT2D eigenvalue weighted by molar-refractivity contribution is 6.42. The summed E-state index contributed by atoms with van der Waals surface area (Å²) in [5.74, 6) is 0.865. The molecule has 2 nitrogen and oxygen atoms in total. The van der Waals surface area contributed by atoms with Crippen LogP contribution in [0.5, 0.6) is 0 Å². The van der Waals surface area contributed by atoms with Gasteiger partial charge in [-0.3, -0.25) is 4.90 Å². The summed E-state index contributed by atoms with van der Waals surface area (Å²) in [6.45, 7) is 5.05. The SMILES string of the molecule is CCC1CCN(C(CN)c2cccc(Cl)c2Cl)CC1. The van der Waals surface area contributed by atoms with E-state index in [1.165, 1.54) is 19.3 Å². The number of hydrogen-bond acceptors (Lipinski definition) is 2. The molecular formula is C15H22Cl2N2. The molecule has 0 amide bonds. The fourth-order valence-electron chi connectivity index (χ4n) is 2.92. The van der Waals surface area contributed by atoms with Crippen molar-refractivity contribution in [3.05, 3.63) is 33.8 Å². The Labute approximate surface area is 125 Å². The van der Waals surface area contributed by atoms with Crippen molar-refractivity contribution in [2.45, 2.75) is 32.2 Å². The molecule has 1 atom stereocenters. The van der Waals surface area contributed by atoms with Crippen LogP contribution in [0.25, 0.3) is 0 Å². The van der Waals surface area contributed by atoms with Gasteiger partial charge < -0.3 is 5.73 Å². The molecule has 19 heavy (non-hydrogen) atoms. The van der Waals surface area contributed by atoms with E-state index >= 15 is 0 Å². The van der Waals surface area contributed by atoms with Crippen LogP contribution in [-0.2, 0) is 0 Å². The molecule has 1 saturated heterocycles. The van der Waals surface area contributed by atoms with Crippen LogP contribution >= 0.6 is 23.2 Å². The average molecular weight is 301 g/mol. The number of nitrogens with zero attached hydrogens (tertiary/aromatic N) is 1. The lowest BCUT2D eigenvalue weighted by atomic mass is 9.92. The third-order valence-electron chi connectivity index (χ3n) is 4.23. The highest BCUT2D eigenvalue weighted by Gasteiger charge is 2.26. The Bertz CT molecular complexity index is 415. The molecule has 1 unspecified atom stereocenters. The first kappa shape index (κ1) is 15.1. The molecule has 1 aliphatic rings. The van der Waals surface area contributed by atoms with E-state index in [1.807, 2.05) is 18.2 Å². The largest absolute Gasteiger partial charge is 0.329 e. The van der Waals surface area contributed by atoms with Gasteiger partial charge in [0.25, 0.3) is 0 Å². The maximum Gasteiger partial charge on any atom is 0.0640 e. The van der Waals surface area contributed by atoms with Gasteiger partial charge in [-0.1, -0.05) is 48.7 Å². The van der Waals surface area contributed by atoms with Gasteiger partial charge in [-0.15, -0.1) is 0 Å². The van der Waals surface area contributed by atoms with Gasteiger partial charge in [-0.05, 0) is 43.5 Å². The predicted molar refractivity (Wildman–Crippen MR) is 82.8 cm³/mol. The van der Waals surface area contributed by atoms with E-state index in [-0.39, 0.29) is 6.04 Å². The van der Waals surface area contributed by atoms with Gasteiger partial charge in [0.1, 0.15) is 0 Å². The van der Waals surface area contributed by atoms with Crippen LogP contribution < -0.4 is 5.73 Å². The number of nitrogens with two attached hydrogens (primary N) is 1. The minimum atomic E-state index is 0.184.